The van der Waals surface area contributed by atoms with E-state index in [0.717, 1.165) is 27.3 Å². The SMILES string of the molecule is CCc1c(C(=O)N2C[C@@H](C)N(Cc3cn([C@@H](C)c4ccc(Br)c(C)c4)nn3)[C@@H](C)C2)nnn1-c1ccc(OC(C)C)cc1. The zero-order chi connectivity index (χ0) is 30.8. The molecule has 0 bridgehead atoms. The number of hydrogen-bond donors (Lipinski definition) is 0. The summed E-state index contributed by atoms with van der Waals surface area (Å²) in [5.41, 5.74) is 5.37. The van der Waals surface area contributed by atoms with Crippen LogP contribution in [0, 0.1) is 6.92 Å². The molecule has 1 fully saturated rings. The van der Waals surface area contributed by atoms with Gasteiger partial charge in [0.15, 0.2) is 5.69 Å². The molecule has 5 rings (SSSR count). The molecule has 2 aromatic heterocycles. The fourth-order valence-corrected chi connectivity index (χ4v) is 6.00. The Balaban J connectivity index is 1.25. The molecule has 43 heavy (non-hydrogen) atoms. The third kappa shape index (κ3) is 6.67. The van der Waals surface area contributed by atoms with Gasteiger partial charge in [-0.3, -0.25) is 9.69 Å². The topological polar surface area (TPSA) is 94.2 Å². The van der Waals surface area contributed by atoms with E-state index in [1.54, 1.807) is 4.68 Å². The van der Waals surface area contributed by atoms with Crippen LogP contribution >= 0.6 is 15.9 Å². The smallest absolute Gasteiger partial charge is 0.276 e. The van der Waals surface area contributed by atoms with Gasteiger partial charge in [-0.25, -0.2) is 9.36 Å². The lowest BCUT2D eigenvalue weighted by molar-refractivity contribution is 0.0259. The van der Waals surface area contributed by atoms with Gasteiger partial charge in [0.05, 0.1) is 35.4 Å². The zero-order valence-electron chi connectivity index (χ0n) is 26.0. The number of benzene rings is 2. The molecule has 0 radical (unpaired) electrons. The minimum absolute atomic E-state index is 0.0739. The van der Waals surface area contributed by atoms with Crippen molar-refractivity contribution in [2.75, 3.05) is 13.1 Å². The monoisotopic (exact) mass is 648 g/mol. The van der Waals surface area contributed by atoms with E-state index in [1.807, 2.05) is 60.8 Å². The van der Waals surface area contributed by atoms with E-state index in [0.29, 0.717) is 31.7 Å². The number of rotatable bonds is 9. The molecule has 1 aliphatic rings. The Labute approximate surface area is 262 Å². The summed E-state index contributed by atoms with van der Waals surface area (Å²) in [6.07, 6.45) is 2.77. The Hall–Kier alpha value is -3.57. The highest BCUT2D eigenvalue weighted by atomic mass is 79.9. The van der Waals surface area contributed by atoms with E-state index in [1.165, 1.54) is 11.1 Å². The Morgan fingerprint density at radius 1 is 1.02 bits per heavy atom. The number of ether oxygens (including phenoxy) is 1. The fourth-order valence-electron chi connectivity index (χ4n) is 5.76. The Bertz CT molecular complexity index is 1550. The maximum absolute atomic E-state index is 13.8. The first-order chi connectivity index (χ1) is 20.5. The minimum atomic E-state index is -0.0780. The van der Waals surface area contributed by atoms with Crippen LogP contribution in [-0.4, -0.2) is 77.0 Å². The summed E-state index contributed by atoms with van der Waals surface area (Å²) in [5.74, 6) is 0.719. The van der Waals surface area contributed by atoms with Crippen LogP contribution in [0.25, 0.3) is 5.69 Å². The summed E-state index contributed by atoms with van der Waals surface area (Å²) in [7, 11) is 0. The molecule has 2 aromatic carbocycles. The molecule has 0 aliphatic carbocycles. The number of hydrogen-bond acceptors (Lipinski definition) is 7. The average Bonchev–Trinajstić information content (AvgIpc) is 3.63. The van der Waals surface area contributed by atoms with Crippen molar-refractivity contribution in [2.45, 2.75) is 85.7 Å². The number of carbonyl (C=O) groups excluding carboxylic acids is 1. The summed E-state index contributed by atoms with van der Waals surface area (Å²) in [5, 5.41) is 17.7. The van der Waals surface area contributed by atoms with Crippen LogP contribution < -0.4 is 4.74 Å². The molecule has 11 heteroatoms. The second-order valence-corrected chi connectivity index (χ2v) is 12.6. The molecular weight excluding hydrogens is 608 g/mol. The fraction of sp³-hybridized carbons (Fsp3) is 0.469. The molecule has 0 unspecified atom stereocenters. The number of amides is 1. The van der Waals surface area contributed by atoms with Crippen molar-refractivity contribution in [3.8, 4) is 11.4 Å². The molecule has 0 saturated carbocycles. The number of nitrogens with zero attached hydrogens (tertiary/aromatic N) is 8. The standard InChI is InChI=1S/C32H41BrN8O2/c1-8-30-31(35-37-41(30)27-10-12-28(13-11-27)43-20(2)3)32(42)38-16-22(5)39(23(6)17-38)18-26-19-40(36-34-26)24(7)25-9-14-29(33)21(4)15-25/h9-15,19-20,22-24H,8,16-18H2,1-7H3/t22-,23+,24-/m0/s1. The van der Waals surface area contributed by atoms with Crippen molar-refractivity contribution in [3.63, 3.8) is 0 Å². The van der Waals surface area contributed by atoms with Crippen LogP contribution in [-0.2, 0) is 13.0 Å². The number of aromatic nitrogens is 6. The largest absolute Gasteiger partial charge is 0.491 e. The van der Waals surface area contributed by atoms with Crippen molar-refractivity contribution in [3.05, 3.63) is 81.3 Å². The first kappa shape index (κ1) is 30.9. The lowest BCUT2D eigenvalue weighted by Crippen LogP contribution is -2.57. The van der Waals surface area contributed by atoms with Crippen LogP contribution in [0.1, 0.15) is 80.6 Å². The molecule has 1 aliphatic heterocycles. The van der Waals surface area contributed by atoms with Crippen LogP contribution in [0.3, 0.4) is 0 Å². The van der Waals surface area contributed by atoms with E-state index in [9.17, 15) is 4.79 Å². The second kappa shape index (κ2) is 13.0. The van der Waals surface area contributed by atoms with Gasteiger partial charge in [0.2, 0.25) is 0 Å². The molecule has 3 heterocycles. The summed E-state index contributed by atoms with van der Waals surface area (Å²) in [6.45, 7) is 16.4. The summed E-state index contributed by atoms with van der Waals surface area (Å²) >= 11 is 3.58. The molecular formula is C32H41BrN8O2. The molecule has 10 nitrogen and oxygen atoms in total. The second-order valence-electron chi connectivity index (χ2n) is 11.8. The number of halogens is 1. The minimum Gasteiger partial charge on any atom is -0.491 e. The van der Waals surface area contributed by atoms with Crippen LogP contribution in [0.2, 0.25) is 0 Å². The lowest BCUT2D eigenvalue weighted by atomic mass is 10.1. The maximum Gasteiger partial charge on any atom is 0.276 e. The van der Waals surface area contributed by atoms with E-state index >= 15 is 0 Å². The van der Waals surface area contributed by atoms with Crippen molar-refractivity contribution < 1.29 is 9.53 Å². The van der Waals surface area contributed by atoms with Gasteiger partial charge in [-0.15, -0.1) is 10.2 Å². The maximum atomic E-state index is 13.8. The predicted octanol–water partition coefficient (Wildman–Crippen LogP) is 5.62. The van der Waals surface area contributed by atoms with Crippen molar-refractivity contribution in [1.82, 2.24) is 39.8 Å². The Kier molecular flexibility index (Phi) is 9.31. The summed E-state index contributed by atoms with van der Waals surface area (Å²) in [6, 6.07) is 14.4. The van der Waals surface area contributed by atoms with Gasteiger partial charge in [-0.2, -0.15) is 0 Å². The van der Waals surface area contributed by atoms with E-state index in [2.05, 4.69) is 87.3 Å². The van der Waals surface area contributed by atoms with Crippen LogP contribution in [0.15, 0.2) is 53.1 Å². The molecule has 1 saturated heterocycles. The molecule has 4 aromatic rings. The quantitative estimate of drug-likeness (QED) is 0.232. The van der Waals surface area contributed by atoms with Gasteiger partial charge >= 0.3 is 0 Å². The molecule has 228 valence electrons. The molecule has 3 atom stereocenters. The van der Waals surface area contributed by atoms with Crippen molar-refractivity contribution >= 4 is 21.8 Å². The Morgan fingerprint density at radius 3 is 2.35 bits per heavy atom. The Morgan fingerprint density at radius 2 is 1.72 bits per heavy atom. The predicted molar refractivity (Wildman–Crippen MR) is 170 cm³/mol. The summed E-state index contributed by atoms with van der Waals surface area (Å²) in [4.78, 5) is 18.1. The van der Waals surface area contributed by atoms with Gasteiger partial charge in [-0.1, -0.05) is 45.4 Å². The van der Waals surface area contributed by atoms with Gasteiger partial charge in [0.1, 0.15) is 5.75 Å². The van der Waals surface area contributed by atoms with Crippen molar-refractivity contribution in [2.24, 2.45) is 0 Å². The number of carbonyl (C=O) groups is 1. The van der Waals surface area contributed by atoms with E-state index in [4.69, 9.17) is 4.74 Å². The highest BCUT2D eigenvalue weighted by Crippen LogP contribution is 2.25. The highest BCUT2D eigenvalue weighted by Gasteiger charge is 2.35. The molecule has 1 amide bonds. The lowest BCUT2D eigenvalue weighted by Gasteiger charge is -2.44. The van der Waals surface area contributed by atoms with E-state index < -0.39 is 0 Å². The van der Waals surface area contributed by atoms with E-state index in [-0.39, 0.29) is 30.1 Å². The zero-order valence-corrected chi connectivity index (χ0v) is 27.6. The normalized spacial score (nSPS) is 18.3. The average molecular weight is 650 g/mol. The van der Waals surface area contributed by atoms with Crippen LogP contribution in [0.4, 0.5) is 0 Å². The van der Waals surface area contributed by atoms with Gasteiger partial charge in [0.25, 0.3) is 5.91 Å². The third-order valence-corrected chi connectivity index (χ3v) is 9.00. The van der Waals surface area contributed by atoms with Crippen molar-refractivity contribution in [1.29, 1.82) is 0 Å². The first-order valence-corrected chi connectivity index (χ1v) is 15.8. The first-order valence-electron chi connectivity index (χ1n) is 15.0. The van der Waals surface area contributed by atoms with Gasteiger partial charge in [-0.05, 0) is 89.4 Å². The number of aryl methyl sites for hydroxylation is 1. The molecule has 0 spiro atoms. The van der Waals surface area contributed by atoms with Gasteiger partial charge < -0.3 is 9.64 Å². The summed E-state index contributed by atoms with van der Waals surface area (Å²) < 4.78 is 10.5. The molecule has 0 N–H and O–H groups in total. The van der Waals surface area contributed by atoms with Gasteiger partial charge in [0, 0.05) is 36.2 Å². The number of piperazine rings is 1. The van der Waals surface area contributed by atoms with Crippen LogP contribution in [0.5, 0.6) is 5.75 Å². The highest BCUT2D eigenvalue weighted by molar-refractivity contribution is 9.10. The third-order valence-electron chi connectivity index (χ3n) is 8.11.